The number of amides is 1. The van der Waals surface area contributed by atoms with Crippen LogP contribution in [0.5, 0.6) is 0 Å². The Balaban J connectivity index is 1.23. The molecule has 7 heteroatoms. The van der Waals surface area contributed by atoms with Crippen molar-refractivity contribution >= 4 is 38.9 Å². The molecule has 174 valence electrons. The van der Waals surface area contributed by atoms with E-state index in [1.165, 1.54) is 0 Å². The van der Waals surface area contributed by atoms with E-state index in [0.717, 1.165) is 37.9 Å². The first kappa shape index (κ1) is 23.0. The normalized spacial score (nSPS) is 11.0. The summed E-state index contributed by atoms with van der Waals surface area (Å²) in [6.07, 6.45) is 6.25. The van der Waals surface area contributed by atoms with E-state index in [-0.39, 0.29) is 11.5 Å². The number of fused-ring (bicyclic) bond motifs is 1. The third kappa shape index (κ3) is 5.50. The number of hydrogen-bond acceptors (Lipinski definition) is 4. The number of nitrogens with zero attached hydrogens (tertiary/aromatic N) is 1. The van der Waals surface area contributed by atoms with Gasteiger partial charge in [0, 0.05) is 46.8 Å². The SMILES string of the molecule is O=C(NCc1csc2ccc(Cl)cc12)c1cncc(Cc2ccc(Cc3ccc[nH]c3=O)cc2)c1. The van der Waals surface area contributed by atoms with Crippen LogP contribution in [0.2, 0.25) is 5.02 Å². The third-order valence-corrected chi connectivity index (χ3v) is 7.09. The predicted molar refractivity (Wildman–Crippen MR) is 141 cm³/mol. The van der Waals surface area contributed by atoms with Crippen LogP contribution in [0.25, 0.3) is 10.1 Å². The van der Waals surface area contributed by atoms with Crippen molar-refractivity contribution in [1.82, 2.24) is 15.3 Å². The van der Waals surface area contributed by atoms with Crippen molar-refractivity contribution < 1.29 is 4.79 Å². The fourth-order valence-corrected chi connectivity index (χ4v) is 5.12. The lowest BCUT2D eigenvalue weighted by Crippen LogP contribution is -2.23. The second-order valence-electron chi connectivity index (χ2n) is 8.36. The van der Waals surface area contributed by atoms with Crippen LogP contribution in [-0.2, 0) is 19.4 Å². The number of H-pyrrole nitrogens is 1. The van der Waals surface area contributed by atoms with Gasteiger partial charge in [0.2, 0.25) is 0 Å². The molecule has 2 N–H and O–H groups in total. The topological polar surface area (TPSA) is 74.8 Å². The van der Waals surface area contributed by atoms with Gasteiger partial charge in [0.1, 0.15) is 0 Å². The maximum Gasteiger partial charge on any atom is 0.253 e. The van der Waals surface area contributed by atoms with Crippen molar-refractivity contribution in [2.24, 2.45) is 0 Å². The molecule has 5 aromatic rings. The van der Waals surface area contributed by atoms with E-state index in [4.69, 9.17) is 11.6 Å². The predicted octanol–water partition coefficient (Wildman–Crippen LogP) is 5.75. The number of rotatable bonds is 7. The van der Waals surface area contributed by atoms with Crippen molar-refractivity contribution in [2.75, 3.05) is 0 Å². The van der Waals surface area contributed by atoms with Crippen LogP contribution in [0.4, 0.5) is 0 Å². The summed E-state index contributed by atoms with van der Waals surface area (Å²) in [6.45, 7) is 0.426. The van der Waals surface area contributed by atoms with Gasteiger partial charge in [-0.2, -0.15) is 0 Å². The number of carbonyl (C=O) groups is 1. The number of aromatic nitrogens is 2. The molecule has 0 atom stereocenters. The van der Waals surface area contributed by atoms with Crippen LogP contribution in [0.1, 0.15) is 38.2 Å². The van der Waals surface area contributed by atoms with Crippen LogP contribution in [0.3, 0.4) is 0 Å². The van der Waals surface area contributed by atoms with Crippen LogP contribution >= 0.6 is 22.9 Å². The molecule has 5 nitrogen and oxygen atoms in total. The summed E-state index contributed by atoms with van der Waals surface area (Å²) in [6, 6.07) is 19.5. The Kier molecular flexibility index (Phi) is 6.75. The zero-order valence-electron chi connectivity index (χ0n) is 18.8. The van der Waals surface area contributed by atoms with E-state index in [2.05, 4.69) is 15.3 Å². The number of aromatic amines is 1. The van der Waals surface area contributed by atoms with Crippen molar-refractivity contribution in [3.63, 3.8) is 0 Å². The van der Waals surface area contributed by atoms with Gasteiger partial charge in [-0.3, -0.25) is 14.6 Å². The molecule has 3 aromatic heterocycles. The van der Waals surface area contributed by atoms with Gasteiger partial charge in [-0.15, -0.1) is 11.3 Å². The second kappa shape index (κ2) is 10.3. The Morgan fingerprint density at radius 3 is 2.54 bits per heavy atom. The summed E-state index contributed by atoms with van der Waals surface area (Å²) in [7, 11) is 0. The standard InChI is InChI=1S/C28H22ClN3O2S/c29-24-7-8-26-25(13-24)23(17-35-26)16-32-28(34)22-12-20(14-30-15-22)10-18-3-5-19(6-4-18)11-21-2-1-9-31-27(21)33/h1-9,12-15,17H,10-11,16H2,(H,31,33)(H,32,34). The monoisotopic (exact) mass is 499 g/mol. The van der Waals surface area contributed by atoms with Crippen molar-refractivity contribution in [2.45, 2.75) is 19.4 Å². The molecule has 0 aliphatic carbocycles. The molecule has 0 radical (unpaired) electrons. The number of benzene rings is 2. The fourth-order valence-electron chi connectivity index (χ4n) is 4.00. The zero-order valence-corrected chi connectivity index (χ0v) is 20.3. The maximum atomic E-state index is 12.8. The molecular formula is C28H22ClN3O2S. The molecule has 0 saturated carbocycles. The first-order valence-electron chi connectivity index (χ1n) is 11.2. The van der Waals surface area contributed by atoms with E-state index in [1.54, 1.807) is 29.9 Å². The Hall–Kier alpha value is -3.74. The van der Waals surface area contributed by atoms with Gasteiger partial charge >= 0.3 is 0 Å². The lowest BCUT2D eigenvalue weighted by atomic mass is 10.0. The quantitative estimate of drug-likeness (QED) is 0.299. The minimum absolute atomic E-state index is 0.0614. The first-order valence-corrected chi connectivity index (χ1v) is 12.4. The highest BCUT2D eigenvalue weighted by Crippen LogP contribution is 2.28. The molecule has 0 bridgehead atoms. The van der Waals surface area contributed by atoms with Crippen molar-refractivity contribution in [1.29, 1.82) is 0 Å². The summed E-state index contributed by atoms with van der Waals surface area (Å²) in [5.41, 5.74) is 5.38. The van der Waals surface area contributed by atoms with E-state index < -0.39 is 0 Å². The smallest absolute Gasteiger partial charge is 0.253 e. The average molecular weight is 500 g/mol. The molecule has 0 fully saturated rings. The molecule has 35 heavy (non-hydrogen) atoms. The summed E-state index contributed by atoms with van der Waals surface area (Å²) in [5.74, 6) is -0.163. The molecule has 0 aliphatic heterocycles. The van der Waals surface area contributed by atoms with E-state index >= 15 is 0 Å². The van der Waals surface area contributed by atoms with Gasteiger partial charge in [0.25, 0.3) is 11.5 Å². The number of carbonyl (C=O) groups excluding carboxylic acids is 1. The zero-order chi connectivity index (χ0) is 24.2. The van der Waals surface area contributed by atoms with Gasteiger partial charge in [-0.1, -0.05) is 41.9 Å². The minimum Gasteiger partial charge on any atom is -0.348 e. The Morgan fingerprint density at radius 1 is 0.943 bits per heavy atom. The number of thiophene rings is 1. The first-order chi connectivity index (χ1) is 17.0. The number of halogens is 1. The molecular weight excluding hydrogens is 478 g/mol. The van der Waals surface area contributed by atoms with E-state index in [0.29, 0.717) is 30.0 Å². The van der Waals surface area contributed by atoms with Crippen LogP contribution in [-0.4, -0.2) is 15.9 Å². The van der Waals surface area contributed by atoms with Gasteiger partial charge in [0.15, 0.2) is 0 Å². The lowest BCUT2D eigenvalue weighted by Gasteiger charge is -2.08. The van der Waals surface area contributed by atoms with Crippen LogP contribution < -0.4 is 10.9 Å². The molecule has 0 unspecified atom stereocenters. The lowest BCUT2D eigenvalue weighted by molar-refractivity contribution is 0.0950. The van der Waals surface area contributed by atoms with Crippen LogP contribution in [0, 0.1) is 0 Å². The summed E-state index contributed by atoms with van der Waals surface area (Å²) < 4.78 is 1.14. The highest BCUT2D eigenvalue weighted by atomic mass is 35.5. The van der Waals surface area contributed by atoms with Gasteiger partial charge in [0.05, 0.1) is 5.56 Å². The largest absolute Gasteiger partial charge is 0.348 e. The second-order valence-corrected chi connectivity index (χ2v) is 9.71. The maximum absolute atomic E-state index is 12.8. The Morgan fingerprint density at radius 2 is 1.74 bits per heavy atom. The number of hydrogen-bond donors (Lipinski definition) is 2. The number of pyridine rings is 2. The molecule has 5 rings (SSSR count). The fraction of sp³-hybridized carbons (Fsp3) is 0.107. The number of nitrogens with one attached hydrogen (secondary N) is 2. The molecule has 0 spiro atoms. The summed E-state index contributed by atoms with van der Waals surface area (Å²) in [5, 5.41) is 6.79. The molecule has 0 aliphatic rings. The summed E-state index contributed by atoms with van der Waals surface area (Å²) >= 11 is 7.77. The molecule has 0 saturated heterocycles. The van der Waals surface area contributed by atoms with E-state index in [9.17, 15) is 9.59 Å². The van der Waals surface area contributed by atoms with Crippen molar-refractivity contribution in [3.8, 4) is 0 Å². The van der Waals surface area contributed by atoms with Crippen molar-refractivity contribution in [3.05, 3.63) is 133 Å². The Labute approximate surface area is 211 Å². The van der Waals surface area contributed by atoms with Gasteiger partial charge in [-0.05, 0) is 69.8 Å². The van der Waals surface area contributed by atoms with Crippen LogP contribution in [0.15, 0.2) is 89.4 Å². The molecule has 2 aromatic carbocycles. The third-order valence-electron chi connectivity index (χ3n) is 5.84. The van der Waals surface area contributed by atoms with E-state index in [1.807, 2.05) is 66.0 Å². The highest BCUT2D eigenvalue weighted by molar-refractivity contribution is 7.17. The van der Waals surface area contributed by atoms with Gasteiger partial charge < -0.3 is 10.3 Å². The molecule has 1 amide bonds. The van der Waals surface area contributed by atoms with Gasteiger partial charge in [-0.25, -0.2) is 0 Å². The minimum atomic E-state index is -0.163. The summed E-state index contributed by atoms with van der Waals surface area (Å²) in [4.78, 5) is 31.7. The molecule has 3 heterocycles. The Bertz CT molecular complexity index is 1560. The average Bonchev–Trinajstić information content (AvgIpc) is 3.27. The highest BCUT2D eigenvalue weighted by Gasteiger charge is 2.10.